The minimum absolute atomic E-state index is 0.0505. The van der Waals surface area contributed by atoms with Gasteiger partial charge in [0.25, 0.3) is 0 Å². The smallest absolute Gasteiger partial charge is 0.349 e. The average Bonchev–Trinajstić information content (AvgIpc) is 3.31. The normalized spacial score (nSPS) is 21.7. The second-order valence-electron chi connectivity index (χ2n) is 9.66. The second-order valence-corrected chi connectivity index (χ2v) is 12.0. The SMILES string of the molecule is C=CC(=O)N1C[C@H](C)N(c2nc(=O)n3c4c(c(-c5cc(Cl)cs5)c(C(F)(F)F)cc24)SCC3CC)C[C@H]1C. The van der Waals surface area contributed by atoms with Gasteiger partial charge in [-0.2, -0.15) is 18.2 Å². The molecule has 1 aromatic carbocycles. The topological polar surface area (TPSA) is 58.4 Å². The summed E-state index contributed by atoms with van der Waals surface area (Å²) in [5.41, 5.74) is -0.745. The number of thioether (sulfide) groups is 1. The van der Waals surface area contributed by atoms with Crippen molar-refractivity contribution in [3.8, 4) is 10.4 Å². The van der Waals surface area contributed by atoms with Crippen molar-refractivity contribution in [2.24, 2.45) is 0 Å². The Bertz CT molecular complexity index is 1500. The predicted molar refractivity (Wildman–Crippen MR) is 148 cm³/mol. The highest BCUT2D eigenvalue weighted by Gasteiger charge is 2.40. The monoisotopic (exact) mass is 582 g/mol. The molecule has 6 nitrogen and oxygen atoms in total. The fourth-order valence-corrected chi connectivity index (χ4v) is 8.03. The molecule has 1 unspecified atom stereocenters. The summed E-state index contributed by atoms with van der Waals surface area (Å²) in [4.78, 5) is 34.6. The van der Waals surface area contributed by atoms with E-state index in [1.54, 1.807) is 14.8 Å². The lowest BCUT2D eigenvalue weighted by molar-refractivity contribution is -0.137. The number of hydrogen-bond donors (Lipinski definition) is 0. The Morgan fingerprint density at radius 3 is 2.61 bits per heavy atom. The van der Waals surface area contributed by atoms with E-state index in [4.69, 9.17) is 11.6 Å². The van der Waals surface area contributed by atoms with E-state index in [0.717, 1.165) is 17.4 Å². The molecular weight excluding hydrogens is 557 g/mol. The highest BCUT2D eigenvalue weighted by molar-refractivity contribution is 7.99. The van der Waals surface area contributed by atoms with Crippen LogP contribution in [0.4, 0.5) is 19.0 Å². The van der Waals surface area contributed by atoms with Gasteiger partial charge in [-0.3, -0.25) is 9.36 Å². The minimum Gasteiger partial charge on any atom is -0.349 e. The Morgan fingerprint density at radius 2 is 2.00 bits per heavy atom. The summed E-state index contributed by atoms with van der Waals surface area (Å²) in [6.45, 7) is 9.89. The zero-order valence-corrected chi connectivity index (χ0v) is 23.4. The van der Waals surface area contributed by atoms with Crippen LogP contribution in [0.15, 0.2) is 39.9 Å². The van der Waals surface area contributed by atoms with Crippen LogP contribution in [0.1, 0.15) is 38.8 Å². The molecular formula is C26H26ClF3N4O2S2. The van der Waals surface area contributed by atoms with Gasteiger partial charge in [-0.25, -0.2) is 4.79 Å². The molecule has 2 aliphatic heterocycles. The molecule has 5 rings (SSSR count). The third kappa shape index (κ3) is 4.42. The lowest BCUT2D eigenvalue weighted by Gasteiger charge is -2.45. The molecule has 1 saturated heterocycles. The second kappa shape index (κ2) is 9.91. The number of benzene rings is 1. The van der Waals surface area contributed by atoms with Gasteiger partial charge in [0.2, 0.25) is 5.91 Å². The summed E-state index contributed by atoms with van der Waals surface area (Å²) in [7, 11) is 0. The molecule has 2 aromatic heterocycles. The number of carbonyl (C=O) groups is 1. The van der Waals surface area contributed by atoms with Gasteiger partial charge in [0.05, 0.1) is 16.1 Å². The first-order valence-corrected chi connectivity index (χ1v) is 14.5. The van der Waals surface area contributed by atoms with E-state index in [9.17, 15) is 22.8 Å². The average molecular weight is 583 g/mol. The van der Waals surface area contributed by atoms with Gasteiger partial charge in [-0.05, 0) is 38.5 Å². The van der Waals surface area contributed by atoms with Crippen molar-refractivity contribution in [3.05, 3.63) is 51.2 Å². The molecule has 0 saturated carbocycles. The molecule has 4 heterocycles. The summed E-state index contributed by atoms with van der Waals surface area (Å²) in [5, 5.41) is 2.25. The first-order valence-electron chi connectivity index (χ1n) is 12.2. The summed E-state index contributed by atoms with van der Waals surface area (Å²) in [5.74, 6) is 0.462. The molecule has 0 radical (unpaired) electrons. The largest absolute Gasteiger partial charge is 0.417 e. The number of anilines is 1. The Balaban J connectivity index is 1.82. The van der Waals surface area contributed by atoms with Crippen LogP contribution in [-0.2, 0) is 11.0 Å². The van der Waals surface area contributed by atoms with Gasteiger partial charge >= 0.3 is 11.9 Å². The van der Waals surface area contributed by atoms with Crippen molar-refractivity contribution >= 4 is 57.3 Å². The maximum absolute atomic E-state index is 14.6. The highest BCUT2D eigenvalue weighted by atomic mass is 35.5. The van der Waals surface area contributed by atoms with E-state index in [0.29, 0.717) is 45.6 Å². The highest BCUT2D eigenvalue weighted by Crippen LogP contribution is 2.51. The Morgan fingerprint density at radius 1 is 1.26 bits per heavy atom. The number of aromatic nitrogens is 2. The van der Waals surface area contributed by atoms with Gasteiger partial charge in [0.15, 0.2) is 0 Å². The minimum atomic E-state index is -4.65. The Hall–Kier alpha value is -2.50. The fourth-order valence-electron chi connectivity index (χ4n) is 5.37. The molecule has 202 valence electrons. The van der Waals surface area contributed by atoms with E-state index >= 15 is 0 Å². The molecule has 1 fully saturated rings. The van der Waals surface area contributed by atoms with E-state index in [1.165, 1.54) is 23.9 Å². The van der Waals surface area contributed by atoms with Crippen molar-refractivity contribution in [2.75, 3.05) is 23.7 Å². The molecule has 3 atom stereocenters. The predicted octanol–water partition coefficient (Wildman–Crippen LogP) is 6.47. The Labute approximate surface area is 231 Å². The van der Waals surface area contributed by atoms with Crippen LogP contribution in [0.5, 0.6) is 0 Å². The molecule has 0 N–H and O–H groups in total. The van der Waals surface area contributed by atoms with Crippen LogP contribution in [-0.4, -0.2) is 51.3 Å². The third-order valence-electron chi connectivity index (χ3n) is 7.24. The van der Waals surface area contributed by atoms with Crippen LogP contribution in [0.25, 0.3) is 21.3 Å². The molecule has 0 aliphatic carbocycles. The summed E-state index contributed by atoms with van der Waals surface area (Å²) in [6.07, 6.45) is -2.76. The van der Waals surface area contributed by atoms with Gasteiger partial charge in [-0.1, -0.05) is 25.1 Å². The van der Waals surface area contributed by atoms with Crippen molar-refractivity contribution in [1.29, 1.82) is 0 Å². The van der Waals surface area contributed by atoms with E-state index < -0.39 is 17.4 Å². The number of rotatable bonds is 4. The summed E-state index contributed by atoms with van der Waals surface area (Å²) in [6, 6.07) is 1.94. The van der Waals surface area contributed by atoms with Crippen molar-refractivity contribution in [2.45, 2.75) is 56.4 Å². The molecule has 0 spiro atoms. The Kier molecular flexibility index (Phi) is 7.06. The molecule has 3 aromatic rings. The molecule has 12 heteroatoms. The zero-order valence-electron chi connectivity index (χ0n) is 21.0. The van der Waals surface area contributed by atoms with Gasteiger partial charge in [0.1, 0.15) is 5.82 Å². The van der Waals surface area contributed by atoms with Gasteiger partial charge in [0, 0.05) is 63.1 Å². The first-order chi connectivity index (χ1) is 18.0. The van der Waals surface area contributed by atoms with Crippen molar-refractivity contribution < 1.29 is 18.0 Å². The number of nitrogens with zero attached hydrogens (tertiary/aromatic N) is 4. The summed E-state index contributed by atoms with van der Waals surface area (Å²) < 4.78 is 45.4. The number of halogens is 4. The van der Waals surface area contributed by atoms with E-state index in [2.05, 4.69) is 11.6 Å². The third-order valence-corrected chi connectivity index (χ3v) is 9.77. The van der Waals surface area contributed by atoms with Gasteiger partial charge < -0.3 is 9.80 Å². The van der Waals surface area contributed by atoms with Crippen LogP contribution in [0.3, 0.4) is 0 Å². The number of amides is 1. The fraction of sp³-hybridized carbons (Fsp3) is 0.423. The van der Waals surface area contributed by atoms with E-state index in [1.807, 2.05) is 25.7 Å². The van der Waals surface area contributed by atoms with Crippen LogP contribution in [0.2, 0.25) is 5.02 Å². The van der Waals surface area contributed by atoms with Crippen molar-refractivity contribution in [3.63, 3.8) is 0 Å². The number of hydrogen-bond acceptors (Lipinski definition) is 6. The molecule has 2 aliphatic rings. The number of alkyl halides is 3. The van der Waals surface area contributed by atoms with Crippen LogP contribution < -0.4 is 10.6 Å². The number of carbonyl (C=O) groups excluding carboxylic acids is 1. The zero-order chi connectivity index (χ0) is 27.5. The maximum atomic E-state index is 14.6. The molecule has 0 bridgehead atoms. The standard InChI is InChI=1S/C26H26ClF3N4O2S2/c1-5-16-12-38-23-21(19-7-15(27)11-37-19)18(26(28,29)30)8-17-22(23)34(16)25(36)31-24(17)33-10-13(3)32(9-14(33)4)20(35)6-2/h6-8,11,13-14,16H,2,5,9-10,12H2,1,3-4H3/t13-,14+,16?/m1/s1. The number of piperazine rings is 1. The van der Waals surface area contributed by atoms with Crippen LogP contribution >= 0.6 is 34.7 Å². The van der Waals surface area contributed by atoms with Crippen LogP contribution in [0, 0.1) is 0 Å². The number of thiophene rings is 1. The maximum Gasteiger partial charge on any atom is 0.417 e. The molecule has 38 heavy (non-hydrogen) atoms. The lowest BCUT2D eigenvalue weighted by Crippen LogP contribution is -2.58. The van der Waals surface area contributed by atoms with E-state index in [-0.39, 0.29) is 40.8 Å². The van der Waals surface area contributed by atoms with Crippen molar-refractivity contribution in [1.82, 2.24) is 14.5 Å². The summed E-state index contributed by atoms with van der Waals surface area (Å²) >= 11 is 8.61. The lowest BCUT2D eigenvalue weighted by atomic mass is 9.99. The first kappa shape index (κ1) is 27.1. The quantitative estimate of drug-likeness (QED) is 0.330. The van der Waals surface area contributed by atoms with Gasteiger partial charge in [-0.15, -0.1) is 23.1 Å². The molecule has 1 amide bonds.